The van der Waals surface area contributed by atoms with Gasteiger partial charge in [-0.1, -0.05) is 12.1 Å². The summed E-state index contributed by atoms with van der Waals surface area (Å²) in [6, 6.07) is 7.43. The summed E-state index contributed by atoms with van der Waals surface area (Å²) in [5, 5.41) is 24.0. The maximum atomic E-state index is 10.9. The molecule has 0 aliphatic carbocycles. The summed E-state index contributed by atoms with van der Waals surface area (Å²) >= 11 is 4.98. The molecule has 0 atom stereocenters. The fraction of sp³-hybridized carbons (Fsp3) is 0.231. The Morgan fingerprint density at radius 2 is 2.00 bits per heavy atom. The van der Waals surface area contributed by atoms with Crippen molar-refractivity contribution in [2.45, 2.75) is 19.8 Å². The van der Waals surface area contributed by atoms with Gasteiger partial charge in [0.15, 0.2) is 5.11 Å². The lowest BCUT2D eigenvalue weighted by atomic mass is 10.2. The van der Waals surface area contributed by atoms with Crippen molar-refractivity contribution in [2.24, 2.45) is 5.10 Å². The lowest BCUT2D eigenvalue weighted by Crippen LogP contribution is -2.27. The number of rotatable bonds is 6. The van der Waals surface area contributed by atoms with E-state index >= 15 is 0 Å². The number of hydrazone groups is 1. The Morgan fingerprint density at radius 1 is 1.29 bits per heavy atom. The van der Waals surface area contributed by atoms with Crippen LogP contribution in [-0.4, -0.2) is 33.0 Å². The standard InChI is InChI=1S/C13H15N3O4S/c1-8-3-2-4-9(7-8)14-13(21)16-15-10(12(19)20)5-6-11(17)18/h2-4,7H,5-6H2,1H3,(H,17,18)(H,19,20)(H2,14,16,21)/b15-10-. The van der Waals surface area contributed by atoms with E-state index < -0.39 is 11.9 Å². The van der Waals surface area contributed by atoms with Crippen LogP contribution in [0.2, 0.25) is 0 Å². The Morgan fingerprint density at radius 3 is 2.57 bits per heavy atom. The molecule has 112 valence electrons. The van der Waals surface area contributed by atoms with Crippen molar-refractivity contribution in [1.29, 1.82) is 0 Å². The molecule has 0 radical (unpaired) electrons. The van der Waals surface area contributed by atoms with Crippen LogP contribution in [0.4, 0.5) is 5.69 Å². The Labute approximate surface area is 126 Å². The Bertz CT molecular complexity index is 587. The van der Waals surface area contributed by atoms with E-state index in [4.69, 9.17) is 22.4 Å². The molecular formula is C13H15N3O4S. The van der Waals surface area contributed by atoms with Crippen molar-refractivity contribution in [2.75, 3.05) is 5.32 Å². The molecule has 0 bridgehead atoms. The molecule has 8 heteroatoms. The summed E-state index contributed by atoms with van der Waals surface area (Å²) in [5.41, 5.74) is 3.87. The Balaban J connectivity index is 2.61. The largest absolute Gasteiger partial charge is 0.481 e. The molecule has 0 aliphatic heterocycles. The number of carbonyl (C=O) groups is 2. The predicted molar refractivity (Wildman–Crippen MR) is 82.5 cm³/mol. The van der Waals surface area contributed by atoms with Crippen LogP contribution in [0, 0.1) is 6.92 Å². The summed E-state index contributed by atoms with van der Waals surface area (Å²) in [6.45, 7) is 1.92. The Hall–Kier alpha value is -2.48. The molecule has 21 heavy (non-hydrogen) atoms. The number of nitrogens with one attached hydrogen (secondary N) is 2. The van der Waals surface area contributed by atoms with E-state index in [9.17, 15) is 9.59 Å². The lowest BCUT2D eigenvalue weighted by Gasteiger charge is -2.08. The van der Waals surface area contributed by atoms with Crippen LogP contribution in [0.15, 0.2) is 29.4 Å². The van der Waals surface area contributed by atoms with Gasteiger partial charge in [-0.15, -0.1) is 0 Å². The average molecular weight is 309 g/mol. The second kappa shape index (κ2) is 7.95. The van der Waals surface area contributed by atoms with Crippen molar-refractivity contribution < 1.29 is 19.8 Å². The van der Waals surface area contributed by atoms with Gasteiger partial charge in [0.25, 0.3) is 0 Å². The minimum absolute atomic E-state index is 0.120. The van der Waals surface area contributed by atoms with Crippen LogP contribution in [0.3, 0.4) is 0 Å². The van der Waals surface area contributed by atoms with E-state index in [0.717, 1.165) is 11.3 Å². The van der Waals surface area contributed by atoms with Gasteiger partial charge in [0.05, 0.1) is 6.42 Å². The number of thiocarbonyl (C=S) groups is 1. The maximum absolute atomic E-state index is 10.9. The zero-order valence-corrected chi connectivity index (χ0v) is 12.1. The first-order valence-corrected chi connectivity index (χ1v) is 6.44. The number of carboxylic acids is 2. The van der Waals surface area contributed by atoms with E-state index in [1.807, 2.05) is 25.1 Å². The predicted octanol–water partition coefficient (Wildman–Crippen LogP) is 1.59. The van der Waals surface area contributed by atoms with Crippen LogP contribution in [0.25, 0.3) is 0 Å². The summed E-state index contributed by atoms with van der Waals surface area (Å²) in [6.07, 6.45) is -0.504. The molecule has 0 saturated heterocycles. The second-order valence-electron chi connectivity index (χ2n) is 4.19. The summed E-state index contributed by atoms with van der Waals surface area (Å²) in [5.74, 6) is -2.38. The minimum Gasteiger partial charge on any atom is -0.481 e. The van der Waals surface area contributed by atoms with Gasteiger partial charge in [-0.05, 0) is 36.8 Å². The van der Waals surface area contributed by atoms with Crippen LogP contribution in [0.5, 0.6) is 0 Å². The molecule has 0 aromatic heterocycles. The first kappa shape index (κ1) is 16.6. The highest BCUT2D eigenvalue weighted by molar-refractivity contribution is 7.80. The topological polar surface area (TPSA) is 111 Å². The average Bonchev–Trinajstić information content (AvgIpc) is 2.37. The molecular weight excluding hydrogens is 294 g/mol. The molecule has 1 aromatic rings. The summed E-state index contributed by atoms with van der Waals surface area (Å²) in [4.78, 5) is 21.3. The van der Waals surface area contributed by atoms with Gasteiger partial charge in [-0.2, -0.15) is 5.10 Å². The Kier molecular flexibility index (Phi) is 6.28. The van der Waals surface area contributed by atoms with Crippen molar-refractivity contribution in [3.8, 4) is 0 Å². The number of aryl methyl sites for hydroxylation is 1. The number of hydrogen-bond acceptors (Lipinski definition) is 4. The SMILES string of the molecule is Cc1cccc(NC(=S)N/N=C(/CCC(=O)O)C(=O)O)c1. The summed E-state index contributed by atoms with van der Waals surface area (Å²) < 4.78 is 0. The molecule has 1 rings (SSSR count). The number of carboxylic acid groups (broad SMARTS) is 2. The highest BCUT2D eigenvalue weighted by atomic mass is 32.1. The van der Waals surface area contributed by atoms with E-state index in [1.54, 1.807) is 6.07 Å². The van der Waals surface area contributed by atoms with Gasteiger partial charge in [-0.3, -0.25) is 10.2 Å². The smallest absolute Gasteiger partial charge is 0.352 e. The molecule has 0 saturated carbocycles. The van der Waals surface area contributed by atoms with Crippen molar-refractivity contribution >= 4 is 40.7 Å². The van der Waals surface area contributed by atoms with Crippen LogP contribution < -0.4 is 10.7 Å². The zero-order chi connectivity index (χ0) is 15.8. The van der Waals surface area contributed by atoms with Crippen LogP contribution in [0.1, 0.15) is 18.4 Å². The van der Waals surface area contributed by atoms with E-state index in [-0.39, 0.29) is 23.7 Å². The molecule has 0 amide bonds. The molecule has 0 fully saturated rings. The van der Waals surface area contributed by atoms with Gasteiger partial charge in [0.2, 0.25) is 0 Å². The van der Waals surface area contributed by atoms with Gasteiger partial charge >= 0.3 is 11.9 Å². The molecule has 0 unspecified atom stereocenters. The molecule has 0 spiro atoms. The van der Waals surface area contributed by atoms with Crippen molar-refractivity contribution in [3.05, 3.63) is 29.8 Å². The molecule has 7 nitrogen and oxygen atoms in total. The second-order valence-corrected chi connectivity index (χ2v) is 4.60. The first-order chi connectivity index (χ1) is 9.88. The van der Waals surface area contributed by atoms with Crippen LogP contribution in [-0.2, 0) is 9.59 Å². The molecule has 0 aliphatic rings. The van der Waals surface area contributed by atoms with Crippen LogP contribution >= 0.6 is 12.2 Å². The third-order valence-corrected chi connectivity index (χ3v) is 2.58. The van der Waals surface area contributed by atoms with Gasteiger partial charge < -0.3 is 15.5 Å². The lowest BCUT2D eigenvalue weighted by molar-refractivity contribution is -0.136. The third kappa shape index (κ3) is 6.48. The monoisotopic (exact) mass is 309 g/mol. The fourth-order valence-corrected chi connectivity index (χ4v) is 1.60. The number of anilines is 1. The van der Waals surface area contributed by atoms with E-state index in [0.29, 0.717) is 0 Å². The van der Waals surface area contributed by atoms with Gasteiger partial charge in [0, 0.05) is 12.1 Å². The number of nitrogens with zero attached hydrogens (tertiary/aromatic N) is 1. The highest BCUT2D eigenvalue weighted by Gasteiger charge is 2.12. The van der Waals surface area contributed by atoms with Crippen molar-refractivity contribution in [1.82, 2.24) is 5.43 Å². The molecule has 1 aromatic carbocycles. The molecule has 0 heterocycles. The third-order valence-electron chi connectivity index (χ3n) is 2.39. The maximum Gasteiger partial charge on any atom is 0.352 e. The van der Waals surface area contributed by atoms with E-state index in [2.05, 4.69) is 15.8 Å². The normalized spacial score (nSPS) is 10.8. The van der Waals surface area contributed by atoms with Gasteiger partial charge in [-0.25, -0.2) is 4.79 Å². The van der Waals surface area contributed by atoms with Gasteiger partial charge in [0.1, 0.15) is 5.71 Å². The highest BCUT2D eigenvalue weighted by Crippen LogP contribution is 2.09. The fourth-order valence-electron chi connectivity index (χ4n) is 1.44. The van der Waals surface area contributed by atoms with E-state index in [1.165, 1.54) is 0 Å². The number of benzene rings is 1. The summed E-state index contributed by atoms with van der Waals surface area (Å²) in [7, 11) is 0. The minimum atomic E-state index is -1.29. The number of aliphatic carboxylic acids is 2. The molecule has 4 N–H and O–H groups in total. The zero-order valence-electron chi connectivity index (χ0n) is 11.3. The van der Waals surface area contributed by atoms with Crippen molar-refractivity contribution in [3.63, 3.8) is 0 Å². The quantitative estimate of drug-likeness (QED) is 0.359. The number of hydrogen-bond donors (Lipinski definition) is 4. The first-order valence-electron chi connectivity index (χ1n) is 6.04.